The van der Waals surface area contributed by atoms with Gasteiger partial charge in [0.1, 0.15) is 5.75 Å². The van der Waals surface area contributed by atoms with Gasteiger partial charge in [-0.1, -0.05) is 0 Å². The minimum atomic E-state index is -0.701. The quantitative estimate of drug-likeness (QED) is 0.297. The van der Waals surface area contributed by atoms with E-state index in [2.05, 4.69) is 0 Å². The van der Waals surface area contributed by atoms with Crippen molar-refractivity contribution < 1.29 is 15.1 Å². The SMILES string of the molecule is CC(O)Cc1ccc(O)c(N)c1[N+](=O)[O-]. The molecule has 0 aromatic heterocycles. The normalized spacial score (nSPS) is 12.4. The predicted molar refractivity (Wildman–Crippen MR) is 54.6 cm³/mol. The number of aliphatic hydroxyl groups excluding tert-OH is 1. The molecule has 1 atom stereocenters. The van der Waals surface area contributed by atoms with Gasteiger partial charge in [-0.2, -0.15) is 0 Å². The van der Waals surface area contributed by atoms with Crippen LogP contribution < -0.4 is 5.73 Å². The lowest BCUT2D eigenvalue weighted by atomic mass is 10.0. The van der Waals surface area contributed by atoms with Gasteiger partial charge in [-0.3, -0.25) is 10.1 Å². The first-order chi connectivity index (χ1) is 6.93. The number of phenols is 1. The molecule has 4 N–H and O–H groups in total. The fraction of sp³-hybridized carbons (Fsp3) is 0.333. The molecule has 6 heteroatoms. The summed E-state index contributed by atoms with van der Waals surface area (Å²) in [7, 11) is 0. The zero-order chi connectivity index (χ0) is 11.6. The van der Waals surface area contributed by atoms with E-state index >= 15 is 0 Å². The Morgan fingerprint density at radius 3 is 2.67 bits per heavy atom. The third-order valence-electron chi connectivity index (χ3n) is 1.98. The number of nitrogens with zero attached hydrogens (tertiary/aromatic N) is 1. The van der Waals surface area contributed by atoms with E-state index in [9.17, 15) is 15.2 Å². The molecule has 82 valence electrons. The second-order valence-electron chi connectivity index (χ2n) is 3.32. The summed E-state index contributed by atoms with van der Waals surface area (Å²) in [6.45, 7) is 1.52. The van der Waals surface area contributed by atoms with Crippen molar-refractivity contribution >= 4 is 11.4 Å². The van der Waals surface area contributed by atoms with Gasteiger partial charge in [0.15, 0.2) is 5.69 Å². The van der Waals surface area contributed by atoms with Crippen LogP contribution in [0.5, 0.6) is 5.75 Å². The van der Waals surface area contributed by atoms with Gasteiger partial charge < -0.3 is 15.9 Å². The summed E-state index contributed by atoms with van der Waals surface area (Å²) in [6, 6.07) is 2.66. The maximum atomic E-state index is 10.7. The molecule has 0 radical (unpaired) electrons. The Kier molecular flexibility index (Phi) is 3.11. The molecule has 0 aliphatic heterocycles. The molecule has 0 amide bonds. The summed E-state index contributed by atoms with van der Waals surface area (Å²) < 4.78 is 0. The lowest BCUT2D eigenvalue weighted by molar-refractivity contribution is -0.384. The molecule has 1 aromatic carbocycles. The fourth-order valence-corrected chi connectivity index (χ4v) is 1.34. The Hall–Kier alpha value is -1.82. The van der Waals surface area contributed by atoms with Gasteiger partial charge in [0.2, 0.25) is 0 Å². The Bertz CT molecular complexity index is 390. The molecule has 0 aliphatic rings. The van der Waals surface area contributed by atoms with Crippen LogP contribution in [0.2, 0.25) is 0 Å². The lowest BCUT2D eigenvalue weighted by Gasteiger charge is -2.08. The highest BCUT2D eigenvalue weighted by Gasteiger charge is 2.21. The van der Waals surface area contributed by atoms with Gasteiger partial charge in [-0.25, -0.2) is 0 Å². The molecule has 0 aliphatic carbocycles. The smallest absolute Gasteiger partial charge is 0.299 e. The molecule has 0 saturated carbocycles. The molecule has 15 heavy (non-hydrogen) atoms. The van der Waals surface area contributed by atoms with Crippen molar-refractivity contribution in [3.63, 3.8) is 0 Å². The standard InChI is InChI=1S/C9H12N2O4/c1-5(12)4-6-2-3-7(13)8(10)9(6)11(14)15/h2-3,5,12-13H,4,10H2,1H3. The monoisotopic (exact) mass is 212 g/mol. The second kappa shape index (κ2) is 4.14. The van der Waals surface area contributed by atoms with E-state index in [0.717, 1.165) is 0 Å². The summed E-state index contributed by atoms with van der Waals surface area (Å²) in [5.74, 6) is -0.323. The Labute approximate surface area is 86.1 Å². The Morgan fingerprint density at radius 2 is 2.20 bits per heavy atom. The summed E-state index contributed by atoms with van der Waals surface area (Å²) in [5.41, 5.74) is 5.09. The summed E-state index contributed by atoms with van der Waals surface area (Å²) >= 11 is 0. The van der Waals surface area contributed by atoms with Crippen molar-refractivity contribution in [2.45, 2.75) is 19.4 Å². The largest absolute Gasteiger partial charge is 0.506 e. The Morgan fingerprint density at radius 1 is 1.60 bits per heavy atom. The van der Waals surface area contributed by atoms with Crippen molar-refractivity contribution in [2.75, 3.05) is 5.73 Å². The highest BCUT2D eigenvalue weighted by atomic mass is 16.6. The molecule has 0 spiro atoms. The highest BCUT2D eigenvalue weighted by molar-refractivity contribution is 5.69. The number of hydrogen-bond acceptors (Lipinski definition) is 5. The van der Waals surface area contributed by atoms with E-state index in [4.69, 9.17) is 10.8 Å². The van der Waals surface area contributed by atoms with Gasteiger partial charge in [-0.15, -0.1) is 0 Å². The van der Waals surface area contributed by atoms with Crippen LogP contribution in [0.25, 0.3) is 0 Å². The molecule has 6 nitrogen and oxygen atoms in total. The lowest BCUT2D eigenvalue weighted by Crippen LogP contribution is -2.08. The van der Waals surface area contributed by atoms with Gasteiger partial charge in [0, 0.05) is 12.0 Å². The minimum absolute atomic E-state index is 0.126. The molecule has 0 bridgehead atoms. The van der Waals surface area contributed by atoms with Crippen molar-refractivity contribution in [3.8, 4) is 5.75 Å². The maximum Gasteiger partial charge on any atom is 0.299 e. The average molecular weight is 212 g/mol. The first-order valence-corrected chi connectivity index (χ1v) is 4.36. The van der Waals surface area contributed by atoms with Gasteiger partial charge in [0.05, 0.1) is 11.0 Å². The van der Waals surface area contributed by atoms with Crippen molar-refractivity contribution in [1.82, 2.24) is 0 Å². The van der Waals surface area contributed by atoms with E-state index in [1.54, 1.807) is 0 Å². The number of nitro benzene ring substituents is 1. The van der Waals surface area contributed by atoms with E-state index in [1.165, 1.54) is 19.1 Å². The van der Waals surface area contributed by atoms with Crippen molar-refractivity contribution in [2.24, 2.45) is 0 Å². The number of hydrogen-bond donors (Lipinski definition) is 3. The molecule has 1 unspecified atom stereocenters. The van der Waals surface area contributed by atoms with Crippen LogP contribution in [-0.2, 0) is 6.42 Å². The molecule has 0 saturated heterocycles. The van der Waals surface area contributed by atoms with Gasteiger partial charge >= 0.3 is 0 Å². The number of anilines is 1. The van der Waals surface area contributed by atoms with Crippen LogP contribution in [0.4, 0.5) is 11.4 Å². The summed E-state index contributed by atoms with van der Waals surface area (Å²) in [4.78, 5) is 10.0. The fourth-order valence-electron chi connectivity index (χ4n) is 1.34. The second-order valence-corrected chi connectivity index (χ2v) is 3.32. The van der Waals surface area contributed by atoms with Gasteiger partial charge in [0.25, 0.3) is 5.69 Å². The van der Waals surface area contributed by atoms with E-state index in [0.29, 0.717) is 5.56 Å². The topological polar surface area (TPSA) is 110 Å². The number of aromatic hydroxyl groups is 1. The van der Waals surface area contributed by atoms with Crippen molar-refractivity contribution in [3.05, 3.63) is 27.8 Å². The molecular formula is C9H12N2O4. The third kappa shape index (κ3) is 2.35. The van der Waals surface area contributed by atoms with Crippen LogP contribution in [0, 0.1) is 10.1 Å². The number of aliphatic hydroxyl groups is 1. The summed E-state index contributed by atoms with van der Waals surface area (Å²) in [6.07, 6.45) is -0.575. The van der Waals surface area contributed by atoms with Crippen LogP contribution in [0.3, 0.4) is 0 Å². The van der Waals surface area contributed by atoms with Crippen LogP contribution in [0.1, 0.15) is 12.5 Å². The Balaban J connectivity index is 3.27. The number of rotatable bonds is 3. The molecule has 1 rings (SSSR count). The predicted octanol–water partition coefficient (Wildman–Crippen LogP) is 0.806. The third-order valence-corrected chi connectivity index (χ3v) is 1.98. The van der Waals surface area contributed by atoms with Crippen LogP contribution in [0.15, 0.2) is 12.1 Å². The van der Waals surface area contributed by atoms with E-state index < -0.39 is 11.0 Å². The molecular weight excluding hydrogens is 200 g/mol. The van der Waals surface area contributed by atoms with Crippen LogP contribution in [-0.4, -0.2) is 21.2 Å². The molecule has 0 heterocycles. The highest BCUT2D eigenvalue weighted by Crippen LogP contribution is 2.34. The molecule has 0 fully saturated rings. The van der Waals surface area contributed by atoms with Gasteiger partial charge in [-0.05, 0) is 19.1 Å². The zero-order valence-electron chi connectivity index (χ0n) is 8.17. The number of nitrogens with two attached hydrogens (primary N) is 1. The zero-order valence-corrected chi connectivity index (χ0v) is 8.17. The maximum absolute atomic E-state index is 10.7. The van der Waals surface area contributed by atoms with Crippen LogP contribution >= 0.6 is 0 Å². The minimum Gasteiger partial charge on any atom is -0.506 e. The van der Waals surface area contributed by atoms with E-state index in [-0.39, 0.29) is 23.5 Å². The number of benzene rings is 1. The summed E-state index contributed by atoms with van der Waals surface area (Å²) in [5, 5.41) is 29.1. The average Bonchev–Trinajstić information content (AvgIpc) is 2.10. The number of phenolic OH excluding ortho intramolecular Hbond substituents is 1. The number of nitro groups is 1. The first-order valence-electron chi connectivity index (χ1n) is 4.36. The van der Waals surface area contributed by atoms with E-state index in [1.807, 2.05) is 0 Å². The molecule has 1 aromatic rings. The number of nitrogen functional groups attached to an aromatic ring is 1. The van der Waals surface area contributed by atoms with Crippen molar-refractivity contribution in [1.29, 1.82) is 0 Å². The first kappa shape index (κ1) is 11.3.